The van der Waals surface area contributed by atoms with Crippen LogP contribution in [0.2, 0.25) is 0 Å². The Morgan fingerprint density at radius 3 is 2.26 bits per heavy atom. The fourth-order valence-corrected chi connectivity index (χ4v) is 2.00. The van der Waals surface area contributed by atoms with Crippen LogP contribution in [-0.4, -0.2) is 67.4 Å². The fraction of sp³-hybridized carbons (Fsp3) is 0.846. The average molecular weight is 270 g/mol. The maximum Gasteiger partial charge on any atom is 0.233 e. The topological polar surface area (TPSA) is 78.7 Å². The molecule has 6 heteroatoms. The third-order valence-corrected chi connectivity index (χ3v) is 3.64. The second-order valence-electron chi connectivity index (χ2n) is 5.44. The lowest BCUT2D eigenvalue weighted by Gasteiger charge is -2.35. The maximum atomic E-state index is 12.0. The molecule has 0 aromatic carbocycles. The van der Waals surface area contributed by atoms with Gasteiger partial charge in [-0.15, -0.1) is 0 Å². The zero-order valence-corrected chi connectivity index (χ0v) is 12.2. The first kappa shape index (κ1) is 15.9. The first-order chi connectivity index (χ1) is 8.93. The van der Waals surface area contributed by atoms with Gasteiger partial charge < -0.3 is 16.0 Å². The summed E-state index contributed by atoms with van der Waals surface area (Å²) in [5.41, 5.74) is 5.92. The van der Waals surface area contributed by atoms with Crippen LogP contribution in [0.1, 0.15) is 20.3 Å². The molecule has 6 nitrogen and oxygen atoms in total. The van der Waals surface area contributed by atoms with Gasteiger partial charge in [0, 0.05) is 45.7 Å². The number of rotatable bonds is 5. The van der Waals surface area contributed by atoms with Gasteiger partial charge in [0.25, 0.3) is 0 Å². The monoisotopic (exact) mass is 270 g/mol. The van der Waals surface area contributed by atoms with Gasteiger partial charge in [-0.2, -0.15) is 0 Å². The van der Waals surface area contributed by atoms with Crippen LogP contribution in [0, 0.1) is 5.92 Å². The molecule has 19 heavy (non-hydrogen) atoms. The van der Waals surface area contributed by atoms with Crippen LogP contribution >= 0.6 is 0 Å². The predicted molar refractivity (Wildman–Crippen MR) is 74.5 cm³/mol. The Morgan fingerprint density at radius 1 is 1.21 bits per heavy atom. The van der Waals surface area contributed by atoms with E-state index in [1.54, 1.807) is 7.05 Å². The SMILES string of the molecule is CNC(=O)CN1CCN(C(=O)CC(N)C(C)C)CC1. The number of carbonyl (C=O) groups is 2. The third-order valence-electron chi connectivity index (χ3n) is 3.64. The van der Waals surface area contributed by atoms with Gasteiger partial charge >= 0.3 is 0 Å². The second kappa shape index (κ2) is 7.45. The van der Waals surface area contributed by atoms with E-state index in [1.165, 1.54) is 0 Å². The number of nitrogens with two attached hydrogens (primary N) is 1. The number of hydrogen-bond acceptors (Lipinski definition) is 4. The Hall–Kier alpha value is -1.14. The van der Waals surface area contributed by atoms with Gasteiger partial charge in [-0.3, -0.25) is 14.5 Å². The summed E-state index contributed by atoms with van der Waals surface area (Å²) in [6.07, 6.45) is 0.410. The smallest absolute Gasteiger partial charge is 0.233 e. The zero-order chi connectivity index (χ0) is 14.4. The summed E-state index contributed by atoms with van der Waals surface area (Å²) in [5.74, 6) is 0.459. The van der Waals surface area contributed by atoms with Crippen LogP contribution in [0.25, 0.3) is 0 Å². The highest BCUT2D eigenvalue weighted by Gasteiger charge is 2.23. The van der Waals surface area contributed by atoms with Gasteiger partial charge in [0.2, 0.25) is 11.8 Å². The van der Waals surface area contributed by atoms with Gasteiger partial charge in [-0.1, -0.05) is 13.8 Å². The number of nitrogens with one attached hydrogen (secondary N) is 1. The van der Waals surface area contributed by atoms with Crippen molar-refractivity contribution in [2.75, 3.05) is 39.8 Å². The van der Waals surface area contributed by atoms with Crippen molar-refractivity contribution in [3.8, 4) is 0 Å². The number of piperazine rings is 1. The first-order valence-electron chi connectivity index (χ1n) is 6.90. The molecule has 0 spiro atoms. The molecule has 1 saturated heterocycles. The standard InChI is InChI=1S/C13H26N4O2/c1-10(2)11(14)8-13(19)17-6-4-16(5-7-17)9-12(18)15-3/h10-11H,4-9,14H2,1-3H3,(H,15,18). The van der Waals surface area contributed by atoms with Gasteiger partial charge in [-0.05, 0) is 5.92 Å². The summed E-state index contributed by atoms with van der Waals surface area (Å²) < 4.78 is 0. The largest absolute Gasteiger partial charge is 0.358 e. The van der Waals surface area contributed by atoms with Crippen LogP contribution in [0.4, 0.5) is 0 Å². The minimum Gasteiger partial charge on any atom is -0.358 e. The summed E-state index contributed by atoms with van der Waals surface area (Å²) in [7, 11) is 1.63. The van der Waals surface area contributed by atoms with E-state index in [4.69, 9.17) is 5.73 Å². The molecule has 0 bridgehead atoms. The number of carbonyl (C=O) groups excluding carboxylic acids is 2. The maximum absolute atomic E-state index is 12.0. The number of hydrogen-bond donors (Lipinski definition) is 2. The molecule has 1 aliphatic heterocycles. The van der Waals surface area contributed by atoms with Crippen molar-refractivity contribution in [3.63, 3.8) is 0 Å². The van der Waals surface area contributed by atoms with Crippen molar-refractivity contribution in [2.24, 2.45) is 11.7 Å². The van der Waals surface area contributed by atoms with Crippen molar-refractivity contribution in [1.82, 2.24) is 15.1 Å². The lowest BCUT2D eigenvalue weighted by molar-refractivity contribution is -0.133. The molecule has 0 saturated carbocycles. The highest BCUT2D eigenvalue weighted by molar-refractivity contribution is 5.78. The Morgan fingerprint density at radius 2 is 1.79 bits per heavy atom. The minimum atomic E-state index is -0.0728. The van der Waals surface area contributed by atoms with E-state index in [1.807, 2.05) is 18.7 Å². The Labute approximate surface area is 115 Å². The predicted octanol–water partition coefficient (Wildman–Crippen LogP) is -0.750. The Balaban J connectivity index is 2.33. The van der Waals surface area contributed by atoms with Crippen LogP contribution in [0.5, 0.6) is 0 Å². The second-order valence-corrected chi connectivity index (χ2v) is 5.44. The molecule has 1 aliphatic rings. The molecular weight excluding hydrogens is 244 g/mol. The van der Waals surface area contributed by atoms with E-state index in [0.29, 0.717) is 32.0 Å². The molecule has 1 atom stereocenters. The number of nitrogens with zero attached hydrogens (tertiary/aromatic N) is 2. The van der Waals surface area contributed by atoms with E-state index in [2.05, 4.69) is 10.2 Å². The van der Waals surface area contributed by atoms with Crippen molar-refractivity contribution in [3.05, 3.63) is 0 Å². The van der Waals surface area contributed by atoms with Crippen molar-refractivity contribution in [1.29, 1.82) is 0 Å². The van der Waals surface area contributed by atoms with Crippen LogP contribution in [-0.2, 0) is 9.59 Å². The molecule has 0 aromatic rings. The average Bonchev–Trinajstić information content (AvgIpc) is 2.39. The molecule has 0 aliphatic carbocycles. The lowest BCUT2D eigenvalue weighted by Crippen LogP contribution is -2.51. The van der Waals surface area contributed by atoms with E-state index in [9.17, 15) is 9.59 Å². The molecule has 1 rings (SSSR count). The molecule has 2 amide bonds. The zero-order valence-electron chi connectivity index (χ0n) is 12.2. The van der Waals surface area contributed by atoms with Crippen molar-refractivity contribution < 1.29 is 9.59 Å². The summed E-state index contributed by atoms with van der Waals surface area (Å²) in [5, 5.41) is 2.61. The van der Waals surface area contributed by atoms with Gasteiger partial charge in [0.1, 0.15) is 0 Å². The highest BCUT2D eigenvalue weighted by Crippen LogP contribution is 2.08. The summed E-state index contributed by atoms with van der Waals surface area (Å²) in [6.45, 7) is 7.32. The molecule has 110 valence electrons. The molecule has 0 aromatic heterocycles. The highest BCUT2D eigenvalue weighted by atomic mass is 16.2. The van der Waals surface area contributed by atoms with Crippen molar-refractivity contribution >= 4 is 11.8 Å². The lowest BCUT2D eigenvalue weighted by atomic mass is 10.0. The van der Waals surface area contributed by atoms with Gasteiger partial charge in [0.15, 0.2) is 0 Å². The van der Waals surface area contributed by atoms with E-state index in [-0.39, 0.29) is 17.9 Å². The minimum absolute atomic E-state index is 0.0154. The molecular formula is C13H26N4O2. The van der Waals surface area contributed by atoms with Crippen LogP contribution < -0.4 is 11.1 Å². The Bertz CT molecular complexity index is 312. The van der Waals surface area contributed by atoms with E-state index in [0.717, 1.165) is 13.1 Å². The summed E-state index contributed by atoms with van der Waals surface area (Å²) >= 11 is 0. The number of amides is 2. The van der Waals surface area contributed by atoms with Crippen molar-refractivity contribution in [2.45, 2.75) is 26.3 Å². The molecule has 1 unspecified atom stereocenters. The fourth-order valence-electron chi connectivity index (χ4n) is 2.00. The third kappa shape index (κ3) is 5.16. The quantitative estimate of drug-likeness (QED) is 0.689. The Kier molecular flexibility index (Phi) is 6.24. The summed E-state index contributed by atoms with van der Waals surface area (Å²) in [4.78, 5) is 27.2. The molecule has 3 N–H and O–H groups in total. The van der Waals surface area contributed by atoms with E-state index >= 15 is 0 Å². The van der Waals surface area contributed by atoms with E-state index < -0.39 is 0 Å². The van der Waals surface area contributed by atoms with Crippen LogP contribution in [0.3, 0.4) is 0 Å². The normalized spacial score (nSPS) is 18.5. The number of likely N-dealkylation sites (N-methyl/N-ethyl adjacent to an activating group) is 1. The summed E-state index contributed by atoms with van der Waals surface area (Å²) in [6, 6.07) is -0.0728. The van der Waals surface area contributed by atoms with Gasteiger partial charge in [0.05, 0.1) is 6.54 Å². The first-order valence-corrected chi connectivity index (χ1v) is 6.90. The molecule has 1 fully saturated rings. The van der Waals surface area contributed by atoms with Gasteiger partial charge in [-0.25, -0.2) is 0 Å². The molecule has 1 heterocycles. The van der Waals surface area contributed by atoms with Crippen LogP contribution in [0.15, 0.2) is 0 Å². The molecule has 0 radical (unpaired) electrons.